The van der Waals surface area contributed by atoms with Gasteiger partial charge in [0.1, 0.15) is 12.2 Å². The molecule has 0 aliphatic heterocycles. The molecule has 0 amide bonds. The first-order valence-electron chi connectivity index (χ1n) is 6.41. The van der Waals surface area contributed by atoms with Crippen molar-refractivity contribution in [1.82, 2.24) is 19.7 Å². The number of aryl methyl sites for hydroxylation is 1. The topological polar surface area (TPSA) is 60.0 Å². The number of nitrogens with two attached hydrogens (primary N) is 1. The summed E-state index contributed by atoms with van der Waals surface area (Å²) in [5.74, 6) is 1.01. The molecule has 0 saturated carbocycles. The minimum Gasteiger partial charge on any atom is -0.329 e. The third-order valence-electron chi connectivity index (χ3n) is 3.88. The van der Waals surface area contributed by atoms with Crippen LogP contribution in [0.5, 0.6) is 0 Å². The molecule has 0 unspecified atom stereocenters. The SMILES string of the molecule is CCn1ncnc1CN(C)C(CC)(CC)CN. The van der Waals surface area contributed by atoms with Crippen LogP contribution in [0.15, 0.2) is 6.33 Å². The number of rotatable bonds is 7. The summed E-state index contributed by atoms with van der Waals surface area (Å²) in [4.78, 5) is 6.62. The normalized spacial score (nSPS) is 12.4. The Morgan fingerprint density at radius 2 is 2.00 bits per heavy atom. The second-order valence-electron chi connectivity index (χ2n) is 4.48. The Kier molecular flexibility index (Phi) is 5.08. The van der Waals surface area contributed by atoms with Gasteiger partial charge in [0.15, 0.2) is 0 Å². The van der Waals surface area contributed by atoms with Gasteiger partial charge in [0.25, 0.3) is 0 Å². The summed E-state index contributed by atoms with van der Waals surface area (Å²) in [5.41, 5.74) is 6.02. The van der Waals surface area contributed by atoms with Crippen molar-refractivity contribution < 1.29 is 0 Å². The van der Waals surface area contributed by atoms with Gasteiger partial charge >= 0.3 is 0 Å². The van der Waals surface area contributed by atoms with Crippen molar-refractivity contribution >= 4 is 0 Å². The van der Waals surface area contributed by atoms with Crippen molar-refractivity contribution in [2.24, 2.45) is 5.73 Å². The van der Waals surface area contributed by atoms with Gasteiger partial charge < -0.3 is 5.73 Å². The molecular formula is C12H25N5. The summed E-state index contributed by atoms with van der Waals surface area (Å²) in [6.45, 7) is 8.79. The van der Waals surface area contributed by atoms with Crippen LogP contribution in [0.25, 0.3) is 0 Å². The van der Waals surface area contributed by atoms with E-state index in [1.807, 2.05) is 4.68 Å². The lowest BCUT2D eigenvalue weighted by molar-refractivity contribution is 0.103. The van der Waals surface area contributed by atoms with E-state index in [1.165, 1.54) is 0 Å². The van der Waals surface area contributed by atoms with E-state index >= 15 is 0 Å². The zero-order chi connectivity index (χ0) is 12.9. The Labute approximate surface area is 104 Å². The second kappa shape index (κ2) is 6.12. The molecule has 0 aromatic carbocycles. The summed E-state index contributed by atoms with van der Waals surface area (Å²) >= 11 is 0. The van der Waals surface area contributed by atoms with Crippen molar-refractivity contribution in [3.8, 4) is 0 Å². The number of aromatic nitrogens is 3. The maximum Gasteiger partial charge on any atom is 0.141 e. The van der Waals surface area contributed by atoms with Gasteiger partial charge in [-0.2, -0.15) is 5.10 Å². The van der Waals surface area contributed by atoms with Crippen LogP contribution in [0.4, 0.5) is 0 Å². The lowest BCUT2D eigenvalue weighted by atomic mass is 9.91. The van der Waals surface area contributed by atoms with Gasteiger partial charge in [-0.3, -0.25) is 4.90 Å². The quantitative estimate of drug-likeness (QED) is 0.778. The van der Waals surface area contributed by atoms with Crippen LogP contribution in [-0.4, -0.2) is 38.8 Å². The van der Waals surface area contributed by atoms with Crippen molar-refractivity contribution in [3.63, 3.8) is 0 Å². The first-order valence-corrected chi connectivity index (χ1v) is 6.41. The Morgan fingerprint density at radius 1 is 1.35 bits per heavy atom. The fourth-order valence-electron chi connectivity index (χ4n) is 2.29. The average Bonchev–Trinajstić information content (AvgIpc) is 2.79. The third kappa shape index (κ3) is 2.84. The molecule has 5 heteroatoms. The summed E-state index contributed by atoms with van der Waals surface area (Å²) in [5, 5.41) is 4.19. The first kappa shape index (κ1) is 14.1. The molecule has 0 aliphatic rings. The number of hydrogen-bond donors (Lipinski definition) is 1. The molecule has 0 fully saturated rings. The maximum atomic E-state index is 5.94. The molecule has 17 heavy (non-hydrogen) atoms. The largest absolute Gasteiger partial charge is 0.329 e. The highest BCUT2D eigenvalue weighted by Gasteiger charge is 2.30. The molecule has 1 aromatic rings. The minimum atomic E-state index is 0.0739. The van der Waals surface area contributed by atoms with Gasteiger partial charge in [-0.15, -0.1) is 0 Å². The zero-order valence-corrected chi connectivity index (χ0v) is 11.5. The first-order chi connectivity index (χ1) is 8.13. The summed E-state index contributed by atoms with van der Waals surface area (Å²) in [6.07, 6.45) is 3.72. The standard InChI is InChI=1S/C12H25N5/c1-5-12(6-2,9-13)16(4)8-11-14-10-15-17(11)7-3/h10H,5-9,13H2,1-4H3. The number of nitrogens with zero attached hydrogens (tertiary/aromatic N) is 4. The molecule has 0 saturated heterocycles. The fourth-order valence-corrected chi connectivity index (χ4v) is 2.29. The van der Waals surface area contributed by atoms with E-state index in [0.717, 1.165) is 31.8 Å². The van der Waals surface area contributed by atoms with Crippen LogP contribution in [0, 0.1) is 0 Å². The highest BCUT2D eigenvalue weighted by Crippen LogP contribution is 2.22. The minimum absolute atomic E-state index is 0.0739. The Hall–Kier alpha value is -0.940. The molecule has 1 heterocycles. The zero-order valence-electron chi connectivity index (χ0n) is 11.5. The van der Waals surface area contributed by atoms with Crippen LogP contribution in [0.1, 0.15) is 39.4 Å². The highest BCUT2D eigenvalue weighted by molar-refractivity contribution is 4.92. The molecule has 0 radical (unpaired) electrons. The Balaban J connectivity index is 2.80. The second-order valence-corrected chi connectivity index (χ2v) is 4.48. The number of likely N-dealkylation sites (N-methyl/N-ethyl adjacent to an activating group) is 1. The molecule has 1 aromatic heterocycles. The smallest absolute Gasteiger partial charge is 0.141 e. The van der Waals surface area contributed by atoms with E-state index in [2.05, 4.69) is 42.8 Å². The fraction of sp³-hybridized carbons (Fsp3) is 0.833. The van der Waals surface area contributed by atoms with E-state index in [-0.39, 0.29) is 5.54 Å². The molecule has 0 atom stereocenters. The van der Waals surface area contributed by atoms with E-state index in [0.29, 0.717) is 6.54 Å². The van der Waals surface area contributed by atoms with Crippen LogP contribution < -0.4 is 5.73 Å². The van der Waals surface area contributed by atoms with Gasteiger partial charge in [-0.05, 0) is 26.8 Å². The van der Waals surface area contributed by atoms with Crippen molar-refractivity contribution in [2.75, 3.05) is 13.6 Å². The molecule has 0 aliphatic carbocycles. The lowest BCUT2D eigenvalue weighted by Crippen LogP contribution is -2.51. The summed E-state index contributed by atoms with van der Waals surface area (Å²) in [6, 6.07) is 0. The number of hydrogen-bond acceptors (Lipinski definition) is 4. The van der Waals surface area contributed by atoms with Crippen molar-refractivity contribution in [1.29, 1.82) is 0 Å². The molecule has 98 valence electrons. The van der Waals surface area contributed by atoms with E-state index in [4.69, 9.17) is 5.73 Å². The predicted octanol–water partition coefficient (Wildman–Crippen LogP) is 1.25. The van der Waals surface area contributed by atoms with Crippen molar-refractivity contribution in [3.05, 3.63) is 12.2 Å². The lowest BCUT2D eigenvalue weighted by Gasteiger charge is -2.39. The molecule has 1 rings (SSSR count). The van der Waals surface area contributed by atoms with Gasteiger partial charge in [0.2, 0.25) is 0 Å². The van der Waals surface area contributed by atoms with Crippen molar-refractivity contribution in [2.45, 2.75) is 52.2 Å². The van der Waals surface area contributed by atoms with E-state index in [1.54, 1.807) is 6.33 Å². The predicted molar refractivity (Wildman–Crippen MR) is 69.5 cm³/mol. The maximum absolute atomic E-state index is 5.94. The average molecular weight is 239 g/mol. The van der Waals surface area contributed by atoms with Crippen LogP contribution in [-0.2, 0) is 13.1 Å². The molecule has 0 bridgehead atoms. The van der Waals surface area contributed by atoms with Gasteiger partial charge in [0, 0.05) is 18.6 Å². The van der Waals surface area contributed by atoms with Crippen LogP contribution in [0.3, 0.4) is 0 Å². The molecule has 5 nitrogen and oxygen atoms in total. The monoisotopic (exact) mass is 239 g/mol. The Bertz CT molecular complexity index is 321. The molecular weight excluding hydrogens is 214 g/mol. The Morgan fingerprint density at radius 3 is 2.47 bits per heavy atom. The summed E-state index contributed by atoms with van der Waals surface area (Å²) < 4.78 is 1.93. The third-order valence-corrected chi connectivity index (χ3v) is 3.88. The van der Waals surface area contributed by atoms with E-state index < -0.39 is 0 Å². The highest BCUT2D eigenvalue weighted by atomic mass is 15.3. The van der Waals surface area contributed by atoms with Crippen LogP contribution in [0.2, 0.25) is 0 Å². The molecule has 2 N–H and O–H groups in total. The van der Waals surface area contributed by atoms with Crippen LogP contribution >= 0.6 is 0 Å². The molecule has 0 spiro atoms. The summed E-state index contributed by atoms with van der Waals surface area (Å²) in [7, 11) is 2.12. The van der Waals surface area contributed by atoms with Gasteiger partial charge in [0.05, 0.1) is 6.54 Å². The van der Waals surface area contributed by atoms with Gasteiger partial charge in [-0.1, -0.05) is 13.8 Å². The van der Waals surface area contributed by atoms with E-state index in [9.17, 15) is 0 Å². The van der Waals surface area contributed by atoms with Gasteiger partial charge in [-0.25, -0.2) is 9.67 Å².